The molecule has 2 heterocycles. The Morgan fingerprint density at radius 2 is 1.66 bits per heavy atom. The highest BCUT2D eigenvalue weighted by atomic mass is 35.5. The van der Waals surface area contributed by atoms with Gasteiger partial charge in [0.05, 0.1) is 22.0 Å². The van der Waals surface area contributed by atoms with Crippen molar-refractivity contribution in [2.45, 2.75) is 13.1 Å². The quantitative estimate of drug-likeness (QED) is 0.320. The number of alkyl halides is 3. The smallest absolute Gasteiger partial charge is 0.228 e. The van der Waals surface area contributed by atoms with E-state index in [9.17, 15) is 17.6 Å². The largest absolute Gasteiger partial charge is 0.433 e. The summed E-state index contributed by atoms with van der Waals surface area (Å²) >= 11 is 12.2. The molecule has 4 rings (SSSR count). The predicted molar refractivity (Wildman–Crippen MR) is 104 cm³/mol. The molecule has 0 N–H and O–H groups in total. The lowest BCUT2D eigenvalue weighted by Crippen LogP contribution is -2.13. The van der Waals surface area contributed by atoms with Crippen molar-refractivity contribution in [1.29, 1.82) is 0 Å². The third-order valence-corrected chi connectivity index (χ3v) is 4.94. The van der Waals surface area contributed by atoms with E-state index in [2.05, 4.69) is 10.1 Å². The van der Waals surface area contributed by atoms with E-state index in [1.54, 1.807) is 19.1 Å². The lowest BCUT2D eigenvalue weighted by Gasteiger charge is -2.12. The topological polar surface area (TPSA) is 30.2 Å². The molecule has 0 fully saturated rings. The molecule has 0 saturated carbocycles. The third kappa shape index (κ3) is 3.56. The average molecular weight is 440 g/mol. The van der Waals surface area contributed by atoms with Crippen LogP contribution in [0.2, 0.25) is 10.0 Å². The number of fused-ring (bicyclic) bond motifs is 1. The van der Waals surface area contributed by atoms with Crippen LogP contribution in [-0.4, -0.2) is 14.6 Å². The van der Waals surface area contributed by atoms with E-state index in [1.807, 2.05) is 0 Å². The highest BCUT2D eigenvalue weighted by molar-refractivity contribution is 6.36. The minimum Gasteiger partial charge on any atom is -0.228 e. The van der Waals surface area contributed by atoms with Crippen LogP contribution >= 0.6 is 23.2 Å². The number of rotatable bonds is 2. The Morgan fingerprint density at radius 1 is 0.966 bits per heavy atom. The minimum absolute atomic E-state index is 0.0131. The number of hydrogen-bond acceptors (Lipinski definition) is 2. The summed E-state index contributed by atoms with van der Waals surface area (Å²) in [6.45, 7) is 1.58. The standard InChI is InChI=1S/C20H11Cl2F4N3/c1-10-18(14-7-4-12(21)8-15(14)22)19-27-16(11-2-5-13(23)6-3-11)9-17(20(24,25)26)29(19)28-10/h2-9H,1H3. The molecule has 0 unspecified atom stereocenters. The van der Waals surface area contributed by atoms with E-state index in [0.717, 1.165) is 22.7 Å². The monoisotopic (exact) mass is 439 g/mol. The zero-order valence-electron chi connectivity index (χ0n) is 14.7. The fraction of sp³-hybridized carbons (Fsp3) is 0.100. The van der Waals surface area contributed by atoms with Gasteiger partial charge in [-0.2, -0.15) is 18.3 Å². The summed E-state index contributed by atoms with van der Waals surface area (Å²) in [5.41, 5.74) is 0.509. The van der Waals surface area contributed by atoms with Crippen LogP contribution in [0.4, 0.5) is 17.6 Å². The molecule has 29 heavy (non-hydrogen) atoms. The van der Waals surface area contributed by atoms with Crippen molar-refractivity contribution < 1.29 is 17.6 Å². The van der Waals surface area contributed by atoms with Gasteiger partial charge in [0, 0.05) is 16.1 Å². The Balaban J connectivity index is 2.07. The summed E-state index contributed by atoms with van der Waals surface area (Å²) < 4.78 is 55.3. The lowest BCUT2D eigenvalue weighted by molar-refractivity contribution is -0.142. The molecule has 2 aromatic heterocycles. The molecular formula is C20H11Cl2F4N3. The number of aromatic nitrogens is 3. The number of halogens is 6. The zero-order valence-corrected chi connectivity index (χ0v) is 16.2. The molecule has 148 valence electrons. The minimum atomic E-state index is -4.69. The maximum atomic E-state index is 13.8. The van der Waals surface area contributed by atoms with Crippen LogP contribution in [0.5, 0.6) is 0 Å². The van der Waals surface area contributed by atoms with E-state index in [4.69, 9.17) is 23.2 Å². The molecule has 0 amide bonds. The van der Waals surface area contributed by atoms with Crippen LogP contribution in [0.25, 0.3) is 28.0 Å². The SMILES string of the molecule is Cc1nn2c(C(F)(F)F)cc(-c3ccc(F)cc3)nc2c1-c1ccc(Cl)cc1Cl. The molecule has 9 heteroatoms. The maximum absolute atomic E-state index is 13.8. The molecule has 0 aliphatic heterocycles. The summed E-state index contributed by atoms with van der Waals surface area (Å²) in [4.78, 5) is 4.40. The zero-order chi connectivity index (χ0) is 20.9. The summed E-state index contributed by atoms with van der Waals surface area (Å²) in [6, 6.07) is 10.6. The summed E-state index contributed by atoms with van der Waals surface area (Å²) in [5.74, 6) is -0.500. The molecule has 0 aliphatic carbocycles. The van der Waals surface area contributed by atoms with Crippen molar-refractivity contribution in [1.82, 2.24) is 14.6 Å². The second kappa shape index (κ2) is 7.00. The van der Waals surface area contributed by atoms with Crippen LogP contribution in [-0.2, 0) is 6.18 Å². The molecule has 0 aliphatic rings. The molecule has 0 radical (unpaired) electrons. The molecule has 0 saturated heterocycles. The van der Waals surface area contributed by atoms with Crippen molar-refractivity contribution in [3.8, 4) is 22.4 Å². The molecule has 0 atom stereocenters. The predicted octanol–water partition coefficient (Wildman–Crippen LogP) is 6.84. The van der Waals surface area contributed by atoms with Gasteiger partial charge in [0.1, 0.15) is 5.82 Å². The number of benzene rings is 2. The van der Waals surface area contributed by atoms with Gasteiger partial charge in [-0.05, 0) is 49.4 Å². The fourth-order valence-corrected chi connectivity index (χ4v) is 3.60. The van der Waals surface area contributed by atoms with Gasteiger partial charge >= 0.3 is 6.18 Å². The number of nitrogens with zero attached hydrogens (tertiary/aromatic N) is 3. The highest BCUT2D eigenvalue weighted by Crippen LogP contribution is 2.38. The van der Waals surface area contributed by atoms with Crippen LogP contribution < -0.4 is 0 Å². The second-order valence-corrected chi connectivity index (χ2v) is 7.19. The maximum Gasteiger partial charge on any atom is 0.433 e. The van der Waals surface area contributed by atoms with E-state index in [-0.39, 0.29) is 16.4 Å². The fourth-order valence-electron chi connectivity index (χ4n) is 3.10. The first-order chi connectivity index (χ1) is 13.6. The molecular weight excluding hydrogens is 429 g/mol. The average Bonchev–Trinajstić information content (AvgIpc) is 2.96. The summed E-state index contributed by atoms with van der Waals surface area (Å²) in [6.07, 6.45) is -4.69. The van der Waals surface area contributed by atoms with Gasteiger partial charge in [0.15, 0.2) is 11.3 Å². The first-order valence-corrected chi connectivity index (χ1v) is 9.09. The van der Waals surface area contributed by atoms with Gasteiger partial charge < -0.3 is 0 Å². The first-order valence-electron chi connectivity index (χ1n) is 8.34. The Labute approximate surface area is 172 Å². The van der Waals surface area contributed by atoms with Crippen LogP contribution in [0.15, 0.2) is 48.5 Å². The van der Waals surface area contributed by atoms with Gasteiger partial charge in [-0.3, -0.25) is 0 Å². The van der Waals surface area contributed by atoms with E-state index in [0.29, 0.717) is 27.4 Å². The van der Waals surface area contributed by atoms with Crippen molar-refractivity contribution >= 4 is 28.8 Å². The third-order valence-electron chi connectivity index (χ3n) is 4.39. The van der Waals surface area contributed by atoms with Gasteiger partial charge in [-0.25, -0.2) is 13.9 Å². The van der Waals surface area contributed by atoms with Crippen molar-refractivity contribution in [3.63, 3.8) is 0 Å². The molecule has 2 aromatic carbocycles. The summed E-state index contributed by atoms with van der Waals surface area (Å²) in [7, 11) is 0. The first kappa shape index (κ1) is 19.7. The Kier molecular flexibility index (Phi) is 4.75. The van der Waals surface area contributed by atoms with E-state index < -0.39 is 17.7 Å². The number of aryl methyl sites for hydroxylation is 1. The lowest BCUT2D eigenvalue weighted by atomic mass is 10.1. The normalized spacial score (nSPS) is 12.0. The molecule has 4 aromatic rings. The van der Waals surface area contributed by atoms with Crippen molar-refractivity contribution in [3.05, 3.63) is 75.8 Å². The van der Waals surface area contributed by atoms with Crippen LogP contribution in [0.1, 0.15) is 11.4 Å². The van der Waals surface area contributed by atoms with Crippen LogP contribution in [0, 0.1) is 12.7 Å². The number of hydrogen-bond donors (Lipinski definition) is 0. The molecule has 3 nitrogen and oxygen atoms in total. The van der Waals surface area contributed by atoms with Crippen LogP contribution in [0.3, 0.4) is 0 Å². The molecule has 0 spiro atoms. The Hall–Kier alpha value is -2.64. The van der Waals surface area contributed by atoms with Gasteiger partial charge in [0.2, 0.25) is 0 Å². The van der Waals surface area contributed by atoms with Crippen molar-refractivity contribution in [2.24, 2.45) is 0 Å². The van der Waals surface area contributed by atoms with Gasteiger partial charge in [-0.1, -0.05) is 29.3 Å². The Morgan fingerprint density at radius 3 is 2.28 bits per heavy atom. The molecule has 0 bridgehead atoms. The Bertz CT molecular complexity index is 1230. The van der Waals surface area contributed by atoms with E-state index in [1.165, 1.54) is 18.2 Å². The van der Waals surface area contributed by atoms with E-state index >= 15 is 0 Å². The van der Waals surface area contributed by atoms with Crippen molar-refractivity contribution in [2.75, 3.05) is 0 Å². The second-order valence-electron chi connectivity index (χ2n) is 6.35. The van der Waals surface area contributed by atoms with Gasteiger partial charge in [-0.15, -0.1) is 0 Å². The summed E-state index contributed by atoms with van der Waals surface area (Å²) in [5, 5.41) is 4.71. The van der Waals surface area contributed by atoms with Gasteiger partial charge in [0.25, 0.3) is 0 Å². The highest BCUT2D eigenvalue weighted by Gasteiger charge is 2.36.